The van der Waals surface area contributed by atoms with Gasteiger partial charge in [0.25, 0.3) is 0 Å². The van der Waals surface area contributed by atoms with E-state index in [0.717, 1.165) is 18.4 Å². The van der Waals surface area contributed by atoms with Gasteiger partial charge < -0.3 is 15.5 Å². The van der Waals surface area contributed by atoms with Gasteiger partial charge in [-0.3, -0.25) is 0 Å². The first-order chi connectivity index (χ1) is 10.7. The van der Waals surface area contributed by atoms with E-state index in [9.17, 15) is 14.6 Å². The van der Waals surface area contributed by atoms with Crippen molar-refractivity contribution in [1.82, 2.24) is 5.32 Å². The maximum atomic E-state index is 13.7. The van der Waals surface area contributed by atoms with Gasteiger partial charge in [0.05, 0.1) is 18.2 Å². The van der Waals surface area contributed by atoms with Crippen molar-refractivity contribution in [3.8, 4) is 0 Å². The first-order valence-electron chi connectivity index (χ1n) is 7.53. The highest BCUT2D eigenvalue weighted by atomic mass is 19.1. The summed E-state index contributed by atoms with van der Waals surface area (Å²) >= 11 is 0. The van der Waals surface area contributed by atoms with Crippen LogP contribution in [0, 0.1) is 5.82 Å². The van der Waals surface area contributed by atoms with Crippen LogP contribution in [0.3, 0.4) is 0 Å². The molecule has 3 N–H and O–H groups in total. The monoisotopic (exact) mass is 301 g/mol. The Morgan fingerprint density at radius 1 is 1.14 bits per heavy atom. The van der Waals surface area contributed by atoms with Crippen LogP contribution in [0.1, 0.15) is 29.2 Å². The molecule has 0 saturated carbocycles. The Balaban J connectivity index is 1.77. The van der Waals surface area contributed by atoms with Crippen molar-refractivity contribution in [2.75, 3.05) is 13.2 Å². The average molecular weight is 301 g/mol. The van der Waals surface area contributed by atoms with E-state index >= 15 is 0 Å². The van der Waals surface area contributed by atoms with E-state index in [1.54, 1.807) is 18.2 Å². The summed E-state index contributed by atoms with van der Waals surface area (Å²) in [6.07, 6.45) is 0.712. The van der Waals surface area contributed by atoms with Crippen molar-refractivity contribution in [3.05, 3.63) is 71.0 Å². The SMILES string of the molecule is OC[C@@]1(NC[C@@H](O)c2ccccc2F)CCc2ccccc21. The molecule has 4 heteroatoms. The van der Waals surface area contributed by atoms with Gasteiger partial charge in [-0.2, -0.15) is 0 Å². The molecule has 2 aromatic rings. The lowest BCUT2D eigenvalue weighted by atomic mass is 9.92. The second kappa shape index (κ2) is 6.16. The zero-order chi connectivity index (χ0) is 15.6. The third-order valence-corrected chi connectivity index (χ3v) is 4.52. The summed E-state index contributed by atoms with van der Waals surface area (Å²) in [4.78, 5) is 0. The molecule has 116 valence electrons. The lowest BCUT2D eigenvalue weighted by molar-refractivity contribution is 0.117. The van der Waals surface area contributed by atoms with Crippen molar-refractivity contribution in [3.63, 3.8) is 0 Å². The standard InChI is InChI=1S/C18H20FNO2/c19-16-8-4-2-6-14(16)17(22)11-20-18(12-21)10-9-13-5-1-3-7-15(13)18/h1-8,17,20-22H,9-12H2/t17-,18+/m1/s1. The molecular weight excluding hydrogens is 281 g/mol. The number of rotatable bonds is 5. The summed E-state index contributed by atoms with van der Waals surface area (Å²) in [5, 5.41) is 23.4. The number of fused-ring (bicyclic) bond motifs is 1. The largest absolute Gasteiger partial charge is 0.394 e. The second-order valence-electron chi connectivity index (χ2n) is 5.82. The zero-order valence-corrected chi connectivity index (χ0v) is 12.3. The highest BCUT2D eigenvalue weighted by Crippen LogP contribution is 2.36. The molecule has 0 bridgehead atoms. The predicted molar refractivity (Wildman–Crippen MR) is 82.9 cm³/mol. The molecule has 0 radical (unpaired) electrons. The maximum Gasteiger partial charge on any atom is 0.129 e. The topological polar surface area (TPSA) is 52.5 Å². The smallest absolute Gasteiger partial charge is 0.129 e. The first kappa shape index (κ1) is 15.2. The van der Waals surface area contributed by atoms with Gasteiger partial charge in [-0.1, -0.05) is 42.5 Å². The van der Waals surface area contributed by atoms with Gasteiger partial charge in [-0.15, -0.1) is 0 Å². The third kappa shape index (κ3) is 2.65. The Hall–Kier alpha value is -1.75. The molecule has 0 spiro atoms. The molecule has 2 aromatic carbocycles. The number of hydrogen-bond acceptors (Lipinski definition) is 3. The van der Waals surface area contributed by atoms with E-state index in [2.05, 4.69) is 11.4 Å². The zero-order valence-electron chi connectivity index (χ0n) is 12.3. The average Bonchev–Trinajstić information content (AvgIpc) is 2.93. The molecule has 1 aliphatic carbocycles. The number of hydrogen-bond donors (Lipinski definition) is 3. The summed E-state index contributed by atoms with van der Waals surface area (Å²) in [7, 11) is 0. The molecule has 2 atom stereocenters. The Morgan fingerprint density at radius 3 is 2.64 bits per heavy atom. The molecule has 0 amide bonds. The fraction of sp³-hybridized carbons (Fsp3) is 0.333. The Morgan fingerprint density at radius 2 is 1.86 bits per heavy atom. The highest BCUT2D eigenvalue weighted by Gasteiger charge is 2.38. The van der Waals surface area contributed by atoms with Crippen LogP contribution in [0.5, 0.6) is 0 Å². The van der Waals surface area contributed by atoms with Crippen molar-refractivity contribution < 1.29 is 14.6 Å². The van der Waals surface area contributed by atoms with Gasteiger partial charge in [-0.25, -0.2) is 4.39 Å². The third-order valence-electron chi connectivity index (χ3n) is 4.52. The van der Waals surface area contributed by atoms with Gasteiger partial charge in [-0.05, 0) is 30.0 Å². The first-order valence-corrected chi connectivity index (χ1v) is 7.53. The molecule has 1 aliphatic rings. The quantitative estimate of drug-likeness (QED) is 0.794. The van der Waals surface area contributed by atoms with Crippen LogP contribution in [0.2, 0.25) is 0 Å². The van der Waals surface area contributed by atoms with Crippen molar-refractivity contribution in [2.45, 2.75) is 24.5 Å². The minimum atomic E-state index is -0.947. The normalized spacial score (nSPS) is 21.6. The van der Waals surface area contributed by atoms with E-state index in [1.807, 2.05) is 18.2 Å². The molecule has 0 aromatic heterocycles. The van der Waals surface area contributed by atoms with E-state index in [-0.39, 0.29) is 18.7 Å². The number of aliphatic hydroxyl groups is 2. The summed E-state index contributed by atoms with van der Waals surface area (Å²) < 4.78 is 13.7. The van der Waals surface area contributed by atoms with Crippen molar-refractivity contribution >= 4 is 0 Å². The van der Waals surface area contributed by atoms with Crippen LogP contribution in [0.25, 0.3) is 0 Å². The lowest BCUT2D eigenvalue weighted by Crippen LogP contribution is -2.45. The van der Waals surface area contributed by atoms with Crippen LogP contribution in [0.15, 0.2) is 48.5 Å². The summed E-state index contributed by atoms with van der Waals surface area (Å²) in [6.45, 7) is 0.143. The Labute approximate surface area is 129 Å². The number of aryl methyl sites for hydroxylation is 1. The van der Waals surface area contributed by atoms with Gasteiger partial charge in [0.15, 0.2) is 0 Å². The summed E-state index contributed by atoms with van der Waals surface area (Å²) in [6, 6.07) is 14.2. The van der Waals surface area contributed by atoms with Gasteiger partial charge in [0, 0.05) is 12.1 Å². The predicted octanol–water partition coefficient (Wildman–Crippen LogP) is 2.28. The summed E-state index contributed by atoms with van der Waals surface area (Å²) in [5.41, 5.74) is 2.00. The van der Waals surface area contributed by atoms with Crippen molar-refractivity contribution in [2.24, 2.45) is 0 Å². The summed E-state index contributed by atoms with van der Waals surface area (Å²) in [5.74, 6) is -0.415. The van der Waals surface area contributed by atoms with Crippen molar-refractivity contribution in [1.29, 1.82) is 0 Å². The Kier molecular flexibility index (Phi) is 4.25. The van der Waals surface area contributed by atoms with Crippen LogP contribution < -0.4 is 5.32 Å². The number of nitrogens with one attached hydrogen (secondary N) is 1. The minimum absolute atomic E-state index is 0.0476. The second-order valence-corrected chi connectivity index (χ2v) is 5.82. The fourth-order valence-electron chi connectivity index (χ4n) is 3.24. The molecule has 3 rings (SSSR count). The molecule has 0 fully saturated rings. The van der Waals surface area contributed by atoms with E-state index < -0.39 is 17.5 Å². The molecule has 0 saturated heterocycles. The maximum absolute atomic E-state index is 13.7. The van der Waals surface area contributed by atoms with Gasteiger partial charge in [0.1, 0.15) is 5.82 Å². The number of halogens is 1. The number of benzene rings is 2. The van der Waals surface area contributed by atoms with E-state index in [0.29, 0.717) is 0 Å². The molecule has 0 heterocycles. The molecule has 0 unspecified atom stereocenters. The minimum Gasteiger partial charge on any atom is -0.394 e. The lowest BCUT2D eigenvalue weighted by Gasteiger charge is -2.31. The van der Waals surface area contributed by atoms with Crippen LogP contribution in [0.4, 0.5) is 4.39 Å². The van der Waals surface area contributed by atoms with Gasteiger partial charge in [0.2, 0.25) is 0 Å². The molecule has 3 nitrogen and oxygen atoms in total. The Bertz CT molecular complexity index is 661. The fourth-order valence-corrected chi connectivity index (χ4v) is 3.24. The van der Waals surface area contributed by atoms with Gasteiger partial charge >= 0.3 is 0 Å². The van der Waals surface area contributed by atoms with E-state index in [4.69, 9.17) is 0 Å². The number of aliphatic hydroxyl groups excluding tert-OH is 2. The van der Waals surface area contributed by atoms with Crippen LogP contribution in [-0.2, 0) is 12.0 Å². The van der Waals surface area contributed by atoms with Crippen LogP contribution >= 0.6 is 0 Å². The van der Waals surface area contributed by atoms with E-state index in [1.165, 1.54) is 11.6 Å². The molecular formula is C18H20FNO2. The molecule has 0 aliphatic heterocycles. The highest BCUT2D eigenvalue weighted by molar-refractivity contribution is 5.39. The van der Waals surface area contributed by atoms with Crippen LogP contribution in [-0.4, -0.2) is 23.4 Å². The molecule has 22 heavy (non-hydrogen) atoms.